The van der Waals surface area contributed by atoms with E-state index in [9.17, 15) is 9.18 Å². The number of nitrogens with zero attached hydrogens (tertiary/aromatic N) is 4. The Hall–Kier alpha value is -2.58. The first kappa shape index (κ1) is 21.6. The van der Waals surface area contributed by atoms with Crippen LogP contribution in [0, 0.1) is 5.82 Å². The van der Waals surface area contributed by atoms with Gasteiger partial charge < -0.3 is 15.2 Å². The van der Waals surface area contributed by atoms with Crippen molar-refractivity contribution in [1.82, 2.24) is 24.8 Å². The highest BCUT2D eigenvalue weighted by Crippen LogP contribution is 2.28. The van der Waals surface area contributed by atoms with Crippen LogP contribution in [-0.2, 0) is 4.79 Å². The zero-order valence-electron chi connectivity index (χ0n) is 17.5. The van der Waals surface area contributed by atoms with Crippen LogP contribution < -0.4 is 5.32 Å². The van der Waals surface area contributed by atoms with Crippen LogP contribution in [0.3, 0.4) is 0 Å². The van der Waals surface area contributed by atoms with Gasteiger partial charge in [0.25, 0.3) is 0 Å². The molecule has 2 N–H and O–H groups in total. The van der Waals surface area contributed by atoms with E-state index in [1.165, 1.54) is 25.9 Å². The smallest absolute Gasteiger partial charge is 0.183 e. The monoisotopic (exact) mass is 444 g/mol. The van der Waals surface area contributed by atoms with Crippen LogP contribution in [0.1, 0.15) is 39.0 Å². The molecule has 1 aliphatic rings. The molecular formula is C22H26ClFN6O. The fourth-order valence-corrected chi connectivity index (χ4v) is 4.06. The number of carbonyl (C=O) groups excluding carboxylic acids is 1. The van der Waals surface area contributed by atoms with Crippen molar-refractivity contribution in [3.63, 3.8) is 0 Å². The molecule has 0 saturated carbocycles. The number of fused-ring (bicyclic) bond motifs is 1. The van der Waals surface area contributed by atoms with E-state index in [0.717, 1.165) is 31.0 Å². The molecule has 0 amide bonds. The molecule has 3 aromatic rings. The fraction of sp³-hybridized carbons (Fsp3) is 0.455. The van der Waals surface area contributed by atoms with Crippen molar-refractivity contribution in [2.24, 2.45) is 0 Å². The molecule has 1 aliphatic heterocycles. The third kappa shape index (κ3) is 5.19. The Morgan fingerprint density at radius 1 is 1.29 bits per heavy atom. The Morgan fingerprint density at radius 3 is 2.90 bits per heavy atom. The summed E-state index contributed by atoms with van der Waals surface area (Å²) in [5.74, 6) is -0.228. The average Bonchev–Trinajstić information content (AvgIpc) is 3.42. The van der Waals surface area contributed by atoms with E-state index in [0.29, 0.717) is 28.5 Å². The lowest BCUT2D eigenvalue weighted by Crippen LogP contribution is -2.27. The van der Waals surface area contributed by atoms with Gasteiger partial charge >= 0.3 is 0 Å². The van der Waals surface area contributed by atoms with E-state index in [-0.39, 0.29) is 11.6 Å². The second-order valence-corrected chi connectivity index (χ2v) is 8.42. The van der Waals surface area contributed by atoms with Gasteiger partial charge in [-0.05, 0) is 58.3 Å². The molecule has 0 unspecified atom stereocenters. The van der Waals surface area contributed by atoms with E-state index >= 15 is 0 Å². The lowest BCUT2D eigenvalue weighted by molar-refractivity contribution is -0.119. The normalized spacial score (nSPS) is 15.5. The van der Waals surface area contributed by atoms with Gasteiger partial charge in [0.05, 0.1) is 17.3 Å². The number of H-pyrrole nitrogens is 1. The molecule has 0 radical (unpaired) electrons. The molecule has 0 aliphatic carbocycles. The molecular weight excluding hydrogens is 419 g/mol. The quantitative estimate of drug-likeness (QED) is 0.474. The summed E-state index contributed by atoms with van der Waals surface area (Å²) >= 11 is 6.05. The van der Waals surface area contributed by atoms with Gasteiger partial charge in [0.1, 0.15) is 5.65 Å². The molecule has 1 atom stereocenters. The number of pyridine rings is 1. The van der Waals surface area contributed by atoms with E-state index in [1.807, 2.05) is 0 Å². The predicted molar refractivity (Wildman–Crippen MR) is 120 cm³/mol. The highest BCUT2D eigenvalue weighted by molar-refractivity contribution is 6.31. The zero-order valence-corrected chi connectivity index (χ0v) is 18.3. The number of aromatic amines is 1. The molecule has 0 spiro atoms. The summed E-state index contributed by atoms with van der Waals surface area (Å²) in [4.78, 5) is 30.6. The number of rotatable bonds is 9. The molecule has 1 fully saturated rings. The Morgan fingerprint density at radius 2 is 2.10 bits per heavy atom. The maximum Gasteiger partial charge on any atom is 0.183 e. The van der Waals surface area contributed by atoms with Gasteiger partial charge in [0.15, 0.2) is 23.2 Å². The van der Waals surface area contributed by atoms with Crippen LogP contribution in [0.15, 0.2) is 24.7 Å². The Balaban J connectivity index is 1.39. The maximum atomic E-state index is 14.3. The van der Waals surface area contributed by atoms with Crippen molar-refractivity contribution in [2.75, 3.05) is 25.0 Å². The molecule has 1 saturated heterocycles. The van der Waals surface area contributed by atoms with Crippen LogP contribution in [-0.4, -0.2) is 56.3 Å². The number of halogens is 2. The minimum absolute atomic E-state index is 0.00672. The topological polar surface area (TPSA) is 86.8 Å². The summed E-state index contributed by atoms with van der Waals surface area (Å²) in [6.45, 7) is 5.11. The largest absolute Gasteiger partial charge is 0.358 e. The van der Waals surface area contributed by atoms with Crippen LogP contribution in [0.25, 0.3) is 22.4 Å². The fourth-order valence-electron chi connectivity index (χ4n) is 3.90. The molecule has 0 bridgehead atoms. The van der Waals surface area contributed by atoms with Gasteiger partial charge in [-0.2, -0.15) is 0 Å². The molecule has 9 heteroatoms. The van der Waals surface area contributed by atoms with Crippen LogP contribution in [0.4, 0.5) is 10.2 Å². The van der Waals surface area contributed by atoms with Crippen LogP contribution in [0.2, 0.25) is 5.02 Å². The van der Waals surface area contributed by atoms with Crippen molar-refractivity contribution in [2.45, 2.75) is 45.1 Å². The summed E-state index contributed by atoms with van der Waals surface area (Å²) in [6.07, 6.45) is 9.20. The van der Waals surface area contributed by atoms with E-state index in [1.54, 1.807) is 25.4 Å². The second kappa shape index (κ2) is 9.70. The SMILES string of the molecule is C[C@H](Nc1nc(-c2c[nH]c3ncc(Cl)cc23)ncc1F)C(=O)CCCCN1CCCC1. The molecule has 4 rings (SSSR count). The average molecular weight is 445 g/mol. The number of nitrogens with one attached hydrogen (secondary N) is 2. The number of likely N-dealkylation sites (tertiary alicyclic amines) is 1. The number of Topliss-reactive ketones (excluding diaryl/α,β-unsaturated/α-hetero) is 1. The number of unbranched alkanes of at least 4 members (excludes halogenated alkanes) is 1. The van der Waals surface area contributed by atoms with E-state index in [2.05, 4.69) is 30.2 Å². The van der Waals surface area contributed by atoms with Gasteiger partial charge in [0.2, 0.25) is 0 Å². The Bertz CT molecular complexity index is 1070. The van der Waals surface area contributed by atoms with Gasteiger partial charge in [-0.1, -0.05) is 11.6 Å². The van der Waals surface area contributed by atoms with Crippen molar-refractivity contribution in [1.29, 1.82) is 0 Å². The van der Waals surface area contributed by atoms with Gasteiger partial charge in [0, 0.05) is 29.8 Å². The van der Waals surface area contributed by atoms with Crippen molar-refractivity contribution < 1.29 is 9.18 Å². The number of carbonyl (C=O) groups is 1. The van der Waals surface area contributed by atoms with Crippen LogP contribution >= 0.6 is 11.6 Å². The summed E-state index contributed by atoms with van der Waals surface area (Å²) in [5, 5.41) is 4.14. The summed E-state index contributed by atoms with van der Waals surface area (Å²) < 4.78 is 14.3. The predicted octanol–water partition coefficient (Wildman–Crippen LogP) is 4.45. The standard InChI is InChI=1S/C22H26ClFN6O/c1-14(19(31)6-2-3-7-30-8-4-5-9-30)28-22-18(24)13-27-21(29-22)17-12-26-20-16(17)10-15(23)11-25-20/h10-14H,2-9H2,1H3,(H,25,26)(H,27,28,29)/t14-/m0/s1. The minimum Gasteiger partial charge on any atom is -0.358 e. The number of hydrogen-bond acceptors (Lipinski definition) is 6. The van der Waals surface area contributed by atoms with Crippen molar-refractivity contribution in [3.05, 3.63) is 35.5 Å². The molecule has 3 aromatic heterocycles. The number of anilines is 1. The minimum atomic E-state index is -0.603. The van der Waals surface area contributed by atoms with Gasteiger partial charge in [-0.25, -0.2) is 19.3 Å². The summed E-state index contributed by atoms with van der Waals surface area (Å²) in [5.41, 5.74) is 1.30. The van der Waals surface area contributed by atoms with Gasteiger partial charge in [-0.3, -0.25) is 4.79 Å². The molecule has 164 valence electrons. The molecule has 7 nitrogen and oxygen atoms in total. The molecule has 4 heterocycles. The first-order valence-electron chi connectivity index (χ1n) is 10.7. The van der Waals surface area contributed by atoms with Crippen molar-refractivity contribution >= 4 is 34.2 Å². The van der Waals surface area contributed by atoms with E-state index < -0.39 is 11.9 Å². The summed E-state index contributed by atoms with van der Waals surface area (Å²) in [7, 11) is 0. The molecule has 31 heavy (non-hydrogen) atoms. The third-order valence-electron chi connectivity index (χ3n) is 5.67. The second-order valence-electron chi connectivity index (χ2n) is 7.98. The number of aromatic nitrogens is 4. The Labute approximate surface area is 185 Å². The molecule has 0 aromatic carbocycles. The summed E-state index contributed by atoms with van der Waals surface area (Å²) in [6, 6.07) is 1.22. The highest BCUT2D eigenvalue weighted by Gasteiger charge is 2.18. The lowest BCUT2D eigenvalue weighted by atomic mass is 10.1. The number of ketones is 1. The first-order chi connectivity index (χ1) is 15.0. The zero-order chi connectivity index (χ0) is 21.8. The highest BCUT2D eigenvalue weighted by atomic mass is 35.5. The van der Waals surface area contributed by atoms with Crippen molar-refractivity contribution in [3.8, 4) is 11.4 Å². The first-order valence-corrected chi connectivity index (χ1v) is 11.1. The lowest BCUT2D eigenvalue weighted by Gasteiger charge is -2.16. The van der Waals surface area contributed by atoms with Crippen LogP contribution in [0.5, 0.6) is 0 Å². The van der Waals surface area contributed by atoms with Gasteiger partial charge in [-0.15, -0.1) is 0 Å². The maximum absolute atomic E-state index is 14.3. The Kier molecular flexibility index (Phi) is 6.77. The number of hydrogen-bond donors (Lipinski definition) is 2. The van der Waals surface area contributed by atoms with E-state index in [4.69, 9.17) is 11.6 Å². The third-order valence-corrected chi connectivity index (χ3v) is 5.87.